The predicted octanol–water partition coefficient (Wildman–Crippen LogP) is 9.21. The van der Waals surface area contributed by atoms with Crippen molar-refractivity contribution in [1.29, 1.82) is 10.5 Å². The van der Waals surface area contributed by atoms with Crippen LogP contribution in [0.2, 0.25) is 0 Å². The van der Waals surface area contributed by atoms with Crippen LogP contribution in [0.5, 0.6) is 0 Å². The molecule has 0 amide bonds. The molecular weight excluding hydrogens is 1100 g/mol. The Bertz CT molecular complexity index is 3450. The summed E-state index contributed by atoms with van der Waals surface area (Å²) in [6.07, 6.45) is -0.145. The fraction of sp³-hybridized carbons (Fsp3) is 0.0192. The molecule has 6 aromatic carbocycles. The molecular formula is C52H32N6OS2Se4. The zero-order chi connectivity index (χ0) is 45.9. The second kappa shape index (κ2) is 19.7. The summed E-state index contributed by atoms with van der Waals surface area (Å²) in [7, 11) is 0. The number of hydrogen-bond acceptors (Lipinski definition) is 9. The van der Waals surface area contributed by atoms with Gasteiger partial charge in [-0.25, -0.2) is 4.98 Å². The first-order valence-corrected chi connectivity index (χ1v) is 28.6. The van der Waals surface area contributed by atoms with Crippen molar-refractivity contribution in [3.8, 4) is 12.1 Å². The molecule has 2 aliphatic heterocycles. The number of aromatic nitrogens is 2. The topological polar surface area (TPSA) is 96.9 Å². The van der Waals surface area contributed by atoms with Gasteiger partial charge in [0.1, 0.15) is 5.01 Å². The van der Waals surface area contributed by atoms with E-state index in [9.17, 15) is 10.1 Å². The first-order valence-electron chi connectivity index (χ1n) is 21.1. The van der Waals surface area contributed by atoms with Crippen molar-refractivity contribution in [2.24, 2.45) is 0 Å². The van der Waals surface area contributed by atoms with Gasteiger partial charge in [0.2, 0.25) is 0 Å². The zero-order valence-electron chi connectivity index (χ0n) is 35.9. The zero-order valence-corrected chi connectivity index (χ0v) is 42.4. The number of rotatable bonds is 6. The number of para-hydroxylation sites is 6. The van der Waals surface area contributed by atoms with Crippen LogP contribution in [0.15, 0.2) is 170 Å². The van der Waals surface area contributed by atoms with Gasteiger partial charge in [-0.05, 0) is 12.1 Å². The van der Waals surface area contributed by atoms with E-state index in [0.29, 0.717) is 36.4 Å². The molecule has 6 heterocycles. The Morgan fingerprint density at radius 2 is 1.02 bits per heavy atom. The number of aldehydes is 1. The van der Waals surface area contributed by atoms with Crippen LogP contribution in [0, 0.1) is 22.7 Å². The minimum absolute atomic E-state index is 0.0968. The molecule has 0 saturated heterocycles. The number of hydrogen-bond donors (Lipinski definition) is 0. The molecule has 7 nitrogen and oxygen atoms in total. The Hall–Kier alpha value is -5.87. The molecule has 0 aliphatic carbocycles. The standard InChI is InChI=1S/C26H15N3SSe2.C17H11NOSe2.C9H6N2S/c27-16-17(26-28-19-7-1-4-10-22(19)30-26)15-18-13-14-25(31-18)29-20-8-2-5-11-23(20)32-24-12-6-3-9-21(24)29;19-11-12-9-10-17(20-12)18-13-5-1-3-7-15(13)21-16-8-4-2-6-14(16)18;10-6-5-9-11-7-3-1-2-4-8(7)12-9/h1-15H;1-11H;1-4H,5H2/b17-15+;;/i15D;11D;. The SMILES string of the molecule is N#CCc1nc2ccccc2s1.[2H]/C(=C(/C#N)c1nc2ccccc2s1)c1ccc(N2c3ccccc3[Se]c3ccccc32)[se]1.[2H]C(=O)c1ccc(N2c3ccccc3[Se]c3ccccc32)[se]1. The predicted molar refractivity (Wildman–Crippen MR) is 274 cm³/mol. The third-order valence-electron chi connectivity index (χ3n) is 10.0. The molecule has 0 radical (unpaired) electrons. The van der Waals surface area contributed by atoms with Gasteiger partial charge in [0.05, 0.1) is 22.7 Å². The van der Waals surface area contributed by atoms with Crippen molar-refractivity contribution in [1.82, 2.24) is 9.97 Å². The number of carbonyl (C=O) groups excluding carboxylic acids is 1. The maximum atomic E-state index is 11.3. The van der Waals surface area contributed by atoms with Crippen LogP contribution in [0.3, 0.4) is 0 Å². The normalized spacial score (nSPS) is 12.9. The molecule has 13 heteroatoms. The molecule has 0 bridgehead atoms. The molecule has 4 aromatic heterocycles. The van der Waals surface area contributed by atoms with Gasteiger partial charge in [-0.15, -0.1) is 11.3 Å². The van der Waals surface area contributed by atoms with E-state index in [1.165, 1.54) is 56.5 Å². The van der Waals surface area contributed by atoms with Crippen LogP contribution in [-0.2, 0) is 6.42 Å². The Morgan fingerprint density at radius 3 is 1.48 bits per heavy atom. The van der Waals surface area contributed by atoms with Gasteiger partial charge in [0.25, 0.3) is 0 Å². The monoisotopic (exact) mass is 1140 g/mol. The van der Waals surface area contributed by atoms with Gasteiger partial charge in [-0.2, -0.15) is 5.26 Å². The summed E-state index contributed by atoms with van der Waals surface area (Å²) in [5.41, 5.74) is 7.07. The Morgan fingerprint density at radius 1 is 0.569 bits per heavy atom. The van der Waals surface area contributed by atoms with Gasteiger partial charge in [-0.3, -0.25) is 0 Å². The fourth-order valence-electron chi connectivity index (χ4n) is 7.20. The van der Waals surface area contributed by atoms with Crippen LogP contribution in [0.25, 0.3) is 32.1 Å². The Balaban J connectivity index is 0.000000132. The van der Waals surface area contributed by atoms with Gasteiger partial charge >= 0.3 is 341 Å². The molecule has 312 valence electrons. The van der Waals surface area contributed by atoms with Crippen molar-refractivity contribution >= 4 is 170 Å². The number of nitrogens with zero attached hydrogens (tertiary/aromatic N) is 6. The van der Waals surface area contributed by atoms with E-state index in [1.54, 1.807) is 17.4 Å². The number of benzene rings is 6. The maximum absolute atomic E-state index is 11.3. The van der Waals surface area contributed by atoms with Gasteiger partial charge in [0.15, 0.2) is 0 Å². The summed E-state index contributed by atoms with van der Waals surface area (Å²) < 4.78 is 27.6. The van der Waals surface area contributed by atoms with E-state index in [-0.39, 0.29) is 50.0 Å². The fourth-order valence-corrected chi connectivity index (χ4v) is 17.2. The molecule has 0 fully saturated rings. The molecule has 0 saturated carbocycles. The number of anilines is 6. The van der Waals surface area contributed by atoms with Crippen molar-refractivity contribution < 1.29 is 7.54 Å². The summed E-state index contributed by atoms with van der Waals surface area (Å²) >= 11 is 3.43. The molecule has 0 N–H and O–H groups in total. The number of fused-ring (bicyclic) bond motifs is 6. The summed E-state index contributed by atoms with van der Waals surface area (Å²) in [5, 5.41) is 19.9. The van der Waals surface area contributed by atoms with Gasteiger partial charge in [0, 0.05) is 0 Å². The first kappa shape index (κ1) is 40.6. The average Bonchev–Trinajstić information content (AvgIpc) is 4.20. The molecule has 65 heavy (non-hydrogen) atoms. The number of nitriles is 2. The van der Waals surface area contributed by atoms with Gasteiger partial charge in [-0.1, -0.05) is 12.1 Å². The van der Waals surface area contributed by atoms with Crippen LogP contribution in [0.1, 0.15) is 26.4 Å². The third-order valence-corrected chi connectivity index (χ3v) is 21.0. The molecule has 2 aliphatic rings. The molecule has 12 rings (SSSR count). The van der Waals surface area contributed by atoms with E-state index in [2.05, 4.69) is 135 Å². The number of carbonyl (C=O) groups is 1. The van der Waals surface area contributed by atoms with E-state index in [1.807, 2.05) is 60.7 Å². The second-order valence-electron chi connectivity index (χ2n) is 14.1. The summed E-state index contributed by atoms with van der Waals surface area (Å²) in [4.78, 5) is 24.9. The quantitative estimate of drug-likeness (QED) is 0.0932. The number of allylic oxidation sites excluding steroid dienone is 1. The molecule has 0 spiro atoms. The van der Waals surface area contributed by atoms with Crippen LogP contribution in [-0.4, -0.2) is 75.2 Å². The van der Waals surface area contributed by atoms with Crippen molar-refractivity contribution in [3.63, 3.8) is 0 Å². The van der Waals surface area contributed by atoms with E-state index >= 15 is 0 Å². The molecule has 0 unspecified atom stereocenters. The number of thiazole rings is 2. The third kappa shape index (κ3) is 9.19. The summed E-state index contributed by atoms with van der Waals surface area (Å²) in [6.45, 7) is 0. The average molecular weight is 1140 g/mol. The summed E-state index contributed by atoms with van der Waals surface area (Å²) in [5.74, 6) is 0. The molecule has 0 atom stereocenters. The van der Waals surface area contributed by atoms with Crippen LogP contribution >= 0.6 is 22.7 Å². The van der Waals surface area contributed by atoms with Crippen LogP contribution in [0.4, 0.5) is 31.9 Å². The van der Waals surface area contributed by atoms with Crippen molar-refractivity contribution in [2.75, 3.05) is 9.80 Å². The second-order valence-corrected chi connectivity index (χ2v) is 25.3. The minimum atomic E-state index is -0.561. The van der Waals surface area contributed by atoms with Gasteiger partial charge < -0.3 is 0 Å². The van der Waals surface area contributed by atoms with E-state index in [0.717, 1.165) is 34.4 Å². The van der Waals surface area contributed by atoms with Crippen LogP contribution < -0.4 is 27.6 Å². The summed E-state index contributed by atoms with van der Waals surface area (Å²) in [6, 6.07) is 62.4. The van der Waals surface area contributed by atoms with Crippen molar-refractivity contribution in [3.05, 3.63) is 189 Å². The Kier molecular flexibility index (Phi) is 12.3. The van der Waals surface area contributed by atoms with Crippen molar-refractivity contribution in [2.45, 2.75) is 6.42 Å². The molecule has 10 aromatic rings. The van der Waals surface area contributed by atoms with E-state index < -0.39 is 6.26 Å². The Labute approximate surface area is 411 Å². The first-order chi connectivity index (χ1) is 32.9. The van der Waals surface area contributed by atoms with E-state index in [4.69, 9.17) is 8.00 Å².